The van der Waals surface area contributed by atoms with Crippen molar-refractivity contribution in [3.8, 4) is 5.75 Å². The summed E-state index contributed by atoms with van der Waals surface area (Å²) in [6, 6.07) is 5.91. The van der Waals surface area contributed by atoms with E-state index in [1.54, 1.807) is 18.2 Å². The Morgan fingerprint density at radius 2 is 2.17 bits per heavy atom. The molecule has 0 spiro atoms. The lowest BCUT2D eigenvalue weighted by atomic mass is 10.1. The van der Waals surface area contributed by atoms with E-state index in [1.165, 1.54) is 4.90 Å². The van der Waals surface area contributed by atoms with E-state index < -0.39 is 18.0 Å². The second-order valence-corrected chi connectivity index (χ2v) is 5.52. The summed E-state index contributed by atoms with van der Waals surface area (Å²) in [5.74, 6) is -0.00222. The van der Waals surface area contributed by atoms with E-state index in [0.29, 0.717) is 16.5 Å². The Bertz CT molecular complexity index is 757. The van der Waals surface area contributed by atoms with Gasteiger partial charge in [0.15, 0.2) is 0 Å². The van der Waals surface area contributed by atoms with E-state index in [0.717, 1.165) is 12.4 Å². The zero-order chi connectivity index (χ0) is 16.6. The van der Waals surface area contributed by atoms with Gasteiger partial charge in [0, 0.05) is 5.02 Å². The van der Waals surface area contributed by atoms with Crippen LogP contribution in [0.15, 0.2) is 30.6 Å². The van der Waals surface area contributed by atoms with E-state index in [2.05, 4.69) is 9.97 Å². The van der Waals surface area contributed by atoms with Gasteiger partial charge >= 0.3 is 0 Å². The lowest BCUT2D eigenvalue weighted by Gasteiger charge is -2.33. The maximum atomic E-state index is 12.8. The van der Waals surface area contributed by atoms with Gasteiger partial charge in [0.1, 0.15) is 29.6 Å². The SMILES string of the molecule is CC1CN(C(=O)c2cc(C(F)F)ncn2)c2cc(Cl)ccc2O1. The number of amides is 1. The molecule has 2 aromatic rings. The molecule has 120 valence electrons. The normalized spacial score (nSPS) is 16.9. The lowest BCUT2D eigenvalue weighted by Crippen LogP contribution is -2.42. The molecule has 0 bridgehead atoms. The van der Waals surface area contributed by atoms with Crippen molar-refractivity contribution < 1.29 is 18.3 Å². The summed E-state index contributed by atoms with van der Waals surface area (Å²) in [6.07, 6.45) is -2.06. The van der Waals surface area contributed by atoms with Gasteiger partial charge in [-0.15, -0.1) is 0 Å². The average molecular weight is 340 g/mol. The van der Waals surface area contributed by atoms with Crippen LogP contribution >= 0.6 is 11.6 Å². The van der Waals surface area contributed by atoms with Gasteiger partial charge in [-0.2, -0.15) is 0 Å². The number of hydrogen-bond donors (Lipinski definition) is 0. The fourth-order valence-corrected chi connectivity index (χ4v) is 2.52. The first-order valence-electron chi connectivity index (χ1n) is 6.84. The predicted octanol–water partition coefficient (Wildman–Crippen LogP) is 3.50. The summed E-state index contributed by atoms with van der Waals surface area (Å²) in [4.78, 5) is 21.4. The summed E-state index contributed by atoms with van der Waals surface area (Å²) in [7, 11) is 0. The minimum Gasteiger partial charge on any atom is -0.487 e. The number of halogens is 3. The Morgan fingerprint density at radius 1 is 1.39 bits per heavy atom. The molecule has 1 aliphatic heterocycles. The van der Waals surface area contributed by atoms with Crippen molar-refractivity contribution in [2.75, 3.05) is 11.4 Å². The molecule has 1 amide bonds. The molecule has 0 radical (unpaired) electrons. The largest absolute Gasteiger partial charge is 0.487 e. The molecule has 8 heteroatoms. The quantitative estimate of drug-likeness (QED) is 0.840. The van der Waals surface area contributed by atoms with Gasteiger partial charge in [0.05, 0.1) is 12.2 Å². The zero-order valence-corrected chi connectivity index (χ0v) is 12.8. The molecule has 1 unspecified atom stereocenters. The maximum absolute atomic E-state index is 12.8. The third-order valence-electron chi connectivity index (χ3n) is 3.36. The van der Waals surface area contributed by atoms with Crippen LogP contribution in [0.3, 0.4) is 0 Å². The number of carbonyl (C=O) groups is 1. The lowest BCUT2D eigenvalue weighted by molar-refractivity contribution is 0.0955. The number of fused-ring (bicyclic) bond motifs is 1. The first kappa shape index (κ1) is 15.6. The van der Waals surface area contributed by atoms with Crippen molar-refractivity contribution in [1.82, 2.24) is 9.97 Å². The van der Waals surface area contributed by atoms with E-state index in [4.69, 9.17) is 16.3 Å². The number of hydrogen-bond acceptors (Lipinski definition) is 4. The predicted molar refractivity (Wildman–Crippen MR) is 80.2 cm³/mol. The molecule has 23 heavy (non-hydrogen) atoms. The monoisotopic (exact) mass is 339 g/mol. The highest BCUT2D eigenvalue weighted by molar-refractivity contribution is 6.31. The minimum absolute atomic E-state index is 0.102. The molecule has 5 nitrogen and oxygen atoms in total. The fraction of sp³-hybridized carbons (Fsp3) is 0.267. The molecule has 1 atom stereocenters. The van der Waals surface area contributed by atoms with Crippen LogP contribution in [0.4, 0.5) is 14.5 Å². The number of ether oxygens (including phenoxy) is 1. The highest BCUT2D eigenvalue weighted by Gasteiger charge is 2.29. The van der Waals surface area contributed by atoms with Crippen LogP contribution in [-0.4, -0.2) is 28.5 Å². The smallest absolute Gasteiger partial charge is 0.280 e. The Morgan fingerprint density at radius 3 is 2.91 bits per heavy atom. The summed E-state index contributed by atoms with van der Waals surface area (Å²) in [5, 5.41) is 0.440. The van der Waals surface area contributed by atoms with Crippen molar-refractivity contribution in [2.24, 2.45) is 0 Å². The molecule has 0 N–H and O–H groups in total. The fourth-order valence-electron chi connectivity index (χ4n) is 2.35. The van der Waals surface area contributed by atoms with Crippen molar-refractivity contribution >= 4 is 23.2 Å². The van der Waals surface area contributed by atoms with E-state index in [1.807, 2.05) is 6.92 Å². The third-order valence-corrected chi connectivity index (χ3v) is 3.59. The summed E-state index contributed by atoms with van der Waals surface area (Å²) in [5.41, 5.74) is -0.107. The molecule has 1 aromatic heterocycles. The van der Waals surface area contributed by atoms with Crippen molar-refractivity contribution in [1.29, 1.82) is 0 Å². The van der Waals surface area contributed by atoms with Crippen molar-refractivity contribution in [3.05, 3.63) is 47.0 Å². The highest BCUT2D eigenvalue weighted by atomic mass is 35.5. The molecular weight excluding hydrogens is 328 g/mol. The van der Waals surface area contributed by atoms with Crippen molar-refractivity contribution in [3.63, 3.8) is 0 Å². The molecule has 1 aliphatic rings. The Hall–Kier alpha value is -2.28. The van der Waals surface area contributed by atoms with E-state index in [9.17, 15) is 13.6 Å². The zero-order valence-electron chi connectivity index (χ0n) is 12.0. The summed E-state index contributed by atoms with van der Waals surface area (Å²) < 4.78 is 31.2. The van der Waals surface area contributed by atoms with E-state index in [-0.39, 0.29) is 18.3 Å². The number of carbonyl (C=O) groups excluding carboxylic acids is 1. The first-order chi connectivity index (χ1) is 11.0. The first-order valence-corrected chi connectivity index (χ1v) is 7.21. The second-order valence-electron chi connectivity index (χ2n) is 5.09. The van der Waals surface area contributed by atoms with Crippen LogP contribution in [-0.2, 0) is 0 Å². The molecular formula is C15H12ClF2N3O2. The number of rotatable bonds is 2. The minimum atomic E-state index is -2.77. The third kappa shape index (κ3) is 3.10. The van der Waals surface area contributed by atoms with Crippen LogP contribution in [0.1, 0.15) is 29.5 Å². The van der Waals surface area contributed by atoms with Gasteiger partial charge in [-0.3, -0.25) is 9.69 Å². The van der Waals surface area contributed by atoms with Gasteiger partial charge in [-0.25, -0.2) is 18.7 Å². The molecule has 1 aromatic carbocycles. The Labute approximate surface area is 135 Å². The maximum Gasteiger partial charge on any atom is 0.280 e. The van der Waals surface area contributed by atoms with E-state index >= 15 is 0 Å². The molecule has 0 fully saturated rings. The number of anilines is 1. The van der Waals surface area contributed by atoms with Crippen LogP contribution in [0.25, 0.3) is 0 Å². The second kappa shape index (κ2) is 6.08. The van der Waals surface area contributed by atoms with Crippen LogP contribution in [0.2, 0.25) is 5.02 Å². The highest BCUT2D eigenvalue weighted by Crippen LogP contribution is 2.36. The Balaban J connectivity index is 2.00. The van der Waals surface area contributed by atoms with Crippen LogP contribution in [0, 0.1) is 0 Å². The van der Waals surface area contributed by atoms with Crippen molar-refractivity contribution in [2.45, 2.75) is 19.5 Å². The average Bonchev–Trinajstić information content (AvgIpc) is 2.54. The van der Waals surface area contributed by atoms with Crippen LogP contribution in [0.5, 0.6) is 5.75 Å². The standard InChI is InChI=1S/C15H12ClF2N3O2/c1-8-6-21(12-4-9(16)2-3-13(12)23-8)15(22)11-5-10(14(17)18)19-7-20-11/h2-5,7-8,14H,6H2,1H3. The number of nitrogens with zero attached hydrogens (tertiary/aromatic N) is 3. The molecule has 0 saturated carbocycles. The van der Waals surface area contributed by atoms with Gasteiger partial charge in [0.2, 0.25) is 0 Å². The number of benzene rings is 1. The Kier molecular flexibility index (Phi) is 4.12. The molecule has 0 aliphatic carbocycles. The van der Waals surface area contributed by atoms with Gasteiger partial charge in [-0.1, -0.05) is 11.6 Å². The molecule has 2 heterocycles. The number of alkyl halides is 2. The summed E-state index contributed by atoms with van der Waals surface area (Å²) in [6.45, 7) is 2.07. The number of aromatic nitrogens is 2. The topological polar surface area (TPSA) is 55.3 Å². The summed E-state index contributed by atoms with van der Waals surface area (Å²) >= 11 is 5.98. The molecule has 3 rings (SSSR count). The van der Waals surface area contributed by atoms with Gasteiger partial charge in [-0.05, 0) is 31.2 Å². The van der Waals surface area contributed by atoms with Gasteiger partial charge < -0.3 is 4.74 Å². The molecule has 0 saturated heterocycles. The van der Waals surface area contributed by atoms with Crippen LogP contribution < -0.4 is 9.64 Å². The van der Waals surface area contributed by atoms with Gasteiger partial charge in [0.25, 0.3) is 12.3 Å².